The average Bonchev–Trinajstić information content (AvgIpc) is 2.89. The summed E-state index contributed by atoms with van der Waals surface area (Å²) in [6, 6.07) is 0. The minimum Gasteiger partial charge on any atom is -0.392 e. The fraction of sp³-hybridized carbons (Fsp3) is 0.800. The van der Waals surface area contributed by atoms with Crippen LogP contribution in [-0.2, 0) is 19.1 Å². The summed E-state index contributed by atoms with van der Waals surface area (Å²) in [5.41, 5.74) is -1.25. The van der Waals surface area contributed by atoms with Crippen molar-refractivity contribution in [2.75, 3.05) is 11.5 Å². The van der Waals surface area contributed by atoms with Crippen LogP contribution in [0.5, 0.6) is 0 Å². The van der Waals surface area contributed by atoms with Crippen molar-refractivity contribution in [2.45, 2.75) is 25.0 Å². The molecule has 15 heavy (non-hydrogen) atoms. The Morgan fingerprint density at radius 1 is 1.07 bits per heavy atom. The van der Waals surface area contributed by atoms with Gasteiger partial charge in [0, 0.05) is 11.5 Å². The number of ether oxygens (including phenoxy) is 2. The molecule has 5 heteroatoms. The molecule has 0 radical (unpaired) electrons. The third-order valence-corrected chi connectivity index (χ3v) is 5.81. The van der Waals surface area contributed by atoms with Gasteiger partial charge in [-0.2, -0.15) is 11.8 Å². The highest BCUT2D eigenvalue weighted by atomic mass is 32.2. The van der Waals surface area contributed by atoms with E-state index in [9.17, 15) is 9.59 Å². The molecular weight excluding hydrogens is 216 g/mol. The van der Waals surface area contributed by atoms with Crippen molar-refractivity contribution in [1.82, 2.24) is 0 Å². The van der Waals surface area contributed by atoms with Crippen LogP contribution in [0.4, 0.5) is 0 Å². The number of carbonyl (C=O) groups is 2. The fourth-order valence-electron chi connectivity index (χ4n) is 3.76. The van der Waals surface area contributed by atoms with Crippen molar-refractivity contribution >= 4 is 23.7 Å². The second-order valence-electron chi connectivity index (χ2n) is 4.80. The Hall–Kier alpha value is -0.550. The molecule has 80 valence electrons. The minimum absolute atomic E-state index is 0.0727. The van der Waals surface area contributed by atoms with Crippen LogP contribution < -0.4 is 0 Å². The van der Waals surface area contributed by atoms with Gasteiger partial charge in [0.25, 0.3) is 0 Å². The summed E-state index contributed by atoms with van der Waals surface area (Å²) in [5, 5.41) is 0. The van der Waals surface area contributed by atoms with Crippen molar-refractivity contribution in [3.63, 3.8) is 0 Å². The van der Waals surface area contributed by atoms with Crippen LogP contribution in [-0.4, -0.2) is 35.7 Å². The Kier molecular flexibility index (Phi) is 1.29. The van der Waals surface area contributed by atoms with E-state index in [0.717, 1.165) is 12.8 Å². The van der Waals surface area contributed by atoms with Gasteiger partial charge in [0.15, 0.2) is 0 Å². The maximum absolute atomic E-state index is 11.9. The molecule has 4 aliphatic rings. The van der Waals surface area contributed by atoms with Crippen molar-refractivity contribution < 1.29 is 19.1 Å². The molecule has 0 saturated carbocycles. The number of esters is 2. The van der Waals surface area contributed by atoms with Gasteiger partial charge in [-0.25, -0.2) is 0 Å². The molecule has 0 N–H and O–H groups in total. The largest absolute Gasteiger partial charge is 0.392 e. The van der Waals surface area contributed by atoms with Gasteiger partial charge in [-0.05, 0) is 12.8 Å². The van der Waals surface area contributed by atoms with Crippen molar-refractivity contribution in [3.05, 3.63) is 0 Å². The first-order chi connectivity index (χ1) is 7.22. The highest BCUT2D eigenvalue weighted by Gasteiger charge is 2.82. The van der Waals surface area contributed by atoms with Gasteiger partial charge in [-0.3, -0.25) is 9.59 Å². The molecule has 4 nitrogen and oxygen atoms in total. The summed E-state index contributed by atoms with van der Waals surface area (Å²) >= 11 is 1.69. The second-order valence-corrected chi connectivity index (χ2v) is 5.79. The molecule has 0 aromatic carbocycles. The van der Waals surface area contributed by atoms with E-state index < -0.39 is 10.8 Å². The van der Waals surface area contributed by atoms with Crippen LogP contribution in [0.15, 0.2) is 0 Å². The van der Waals surface area contributed by atoms with Gasteiger partial charge in [0.1, 0.15) is 10.8 Å². The zero-order valence-corrected chi connectivity index (χ0v) is 8.84. The Morgan fingerprint density at radius 2 is 1.60 bits per heavy atom. The molecular formula is C10H10O4S. The van der Waals surface area contributed by atoms with Crippen LogP contribution in [0, 0.1) is 10.8 Å². The highest BCUT2D eigenvalue weighted by molar-refractivity contribution is 7.99. The molecule has 0 amide bonds. The number of rotatable bonds is 0. The van der Waals surface area contributed by atoms with E-state index in [4.69, 9.17) is 9.47 Å². The summed E-state index contributed by atoms with van der Waals surface area (Å²) in [5.74, 6) is 0.728. The van der Waals surface area contributed by atoms with Gasteiger partial charge >= 0.3 is 11.9 Å². The van der Waals surface area contributed by atoms with Crippen molar-refractivity contribution in [2.24, 2.45) is 10.8 Å². The Balaban J connectivity index is 2.01. The molecule has 4 unspecified atom stereocenters. The average molecular weight is 226 g/mol. The van der Waals surface area contributed by atoms with E-state index in [1.165, 1.54) is 0 Å². The number of carbonyl (C=O) groups excluding carboxylic acids is 2. The van der Waals surface area contributed by atoms with Gasteiger partial charge < -0.3 is 9.47 Å². The molecule has 0 spiro atoms. The second kappa shape index (κ2) is 2.25. The van der Waals surface area contributed by atoms with Crippen molar-refractivity contribution in [3.8, 4) is 0 Å². The zero-order valence-electron chi connectivity index (χ0n) is 8.02. The SMILES string of the molecule is O=C1OC(=O)C23CSCC12C1CCC3O1. The lowest BCUT2D eigenvalue weighted by Gasteiger charge is -2.33. The first kappa shape index (κ1) is 8.58. The van der Waals surface area contributed by atoms with E-state index in [2.05, 4.69) is 0 Å². The minimum atomic E-state index is -0.627. The number of fused-ring (bicyclic) bond motifs is 2. The van der Waals surface area contributed by atoms with Gasteiger partial charge in [0.05, 0.1) is 12.2 Å². The van der Waals surface area contributed by atoms with E-state index >= 15 is 0 Å². The monoisotopic (exact) mass is 226 g/mol. The summed E-state index contributed by atoms with van der Waals surface area (Å²) in [6.07, 6.45) is 1.65. The first-order valence-electron chi connectivity index (χ1n) is 5.22. The standard InChI is InChI=1S/C10H10O4S/c11-7-9-3-15-4-10(9,8(12)14-7)6-2-1-5(9)13-6/h5-6H,1-4H2. The highest BCUT2D eigenvalue weighted by Crippen LogP contribution is 2.69. The molecule has 4 aliphatic heterocycles. The number of hydrogen-bond donors (Lipinski definition) is 0. The third kappa shape index (κ3) is 0.617. The maximum Gasteiger partial charge on any atom is 0.324 e. The predicted molar refractivity (Wildman–Crippen MR) is 51.2 cm³/mol. The first-order valence-corrected chi connectivity index (χ1v) is 6.37. The van der Waals surface area contributed by atoms with Crippen LogP contribution in [0.2, 0.25) is 0 Å². The molecule has 2 bridgehead atoms. The topological polar surface area (TPSA) is 52.6 Å². The lowest BCUT2D eigenvalue weighted by Crippen LogP contribution is -2.51. The molecule has 4 fully saturated rings. The smallest absolute Gasteiger partial charge is 0.324 e. The molecule has 4 atom stereocenters. The normalized spacial score (nSPS) is 55.7. The quantitative estimate of drug-likeness (QED) is 0.440. The van der Waals surface area contributed by atoms with E-state index in [-0.39, 0.29) is 24.1 Å². The summed E-state index contributed by atoms with van der Waals surface area (Å²) in [4.78, 5) is 23.8. The van der Waals surface area contributed by atoms with Crippen LogP contribution in [0.25, 0.3) is 0 Å². The fourth-order valence-corrected chi connectivity index (χ4v) is 5.63. The van der Waals surface area contributed by atoms with Gasteiger partial charge in [-0.15, -0.1) is 0 Å². The Labute approximate surface area is 90.7 Å². The summed E-state index contributed by atoms with van der Waals surface area (Å²) in [6.45, 7) is 0. The summed E-state index contributed by atoms with van der Waals surface area (Å²) < 4.78 is 10.7. The predicted octanol–water partition coefficient (Wildman–Crippen LogP) is 0.351. The molecule has 0 aliphatic carbocycles. The van der Waals surface area contributed by atoms with Gasteiger partial charge in [-0.1, -0.05) is 0 Å². The maximum atomic E-state index is 11.9. The Morgan fingerprint density at radius 3 is 2.13 bits per heavy atom. The lowest BCUT2D eigenvalue weighted by atomic mass is 9.59. The molecule has 0 aromatic rings. The Bertz CT molecular complexity index is 361. The van der Waals surface area contributed by atoms with Crippen molar-refractivity contribution in [1.29, 1.82) is 0 Å². The number of hydrogen-bond acceptors (Lipinski definition) is 5. The molecule has 4 heterocycles. The lowest BCUT2D eigenvalue weighted by molar-refractivity contribution is -0.159. The van der Waals surface area contributed by atoms with E-state index in [1.54, 1.807) is 11.8 Å². The van der Waals surface area contributed by atoms with Gasteiger partial charge in [0.2, 0.25) is 0 Å². The van der Waals surface area contributed by atoms with Crippen LogP contribution in [0.3, 0.4) is 0 Å². The van der Waals surface area contributed by atoms with E-state index in [1.807, 2.05) is 0 Å². The van der Waals surface area contributed by atoms with Crippen LogP contribution >= 0.6 is 11.8 Å². The molecule has 4 rings (SSSR count). The number of thioether (sulfide) groups is 1. The van der Waals surface area contributed by atoms with E-state index in [0.29, 0.717) is 11.5 Å². The summed E-state index contributed by atoms with van der Waals surface area (Å²) in [7, 11) is 0. The zero-order chi connectivity index (χ0) is 10.3. The molecule has 4 saturated heterocycles. The van der Waals surface area contributed by atoms with Crippen LogP contribution in [0.1, 0.15) is 12.8 Å². The third-order valence-electron chi connectivity index (χ3n) is 4.49. The molecule has 0 aromatic heterocycles. The number of cyclic esters (lactones) is 2.